The van der Waals surface area contributed by atoms with Crippen LogP contribution < -0.4 is 9.47 Å². The fourth-order valence-electron chi connectivity index (χ4n) is 3.49. The summed E-state index contributed by atoms with van der Waals surface area (Å²) in [6.07, 6.45) is -9.24. The number of hydrogen-bond donors (Lipinski definition) is 1. The second kappa shape index (κ2) is 8.89. The van der Waals surface area contributed by atoms with Crippen LogP contribution in [0.25, 0.3) is 10.9 Å². The third-order valence-corrected chi connectivity index (χ3v) is 7.21. The monoisotopic (exact) mass is 546 g/mol. The molecular formula is C23H14F6NO4S2. The molecule has 0 aliphatic rings. The van der Waals surface area contributed by atoms with E-state index in [1.165, 1.54) is 43.6 Å². The molecule has 0 saturated heterocycles. The highest BCUT2D eigenvalue weighted by atomic mass is 32.2. The van der Waals surface area contributed by atoms with E-state index in [0.717, 1.165) is 12.1 Å². The average molecular weight is 546 g/mol. The first kappa shape index (κ1) is 25.6. The molecule has 1 aromatic heterocycles. The van der Waals surface area contributed by atoms with Gasteiger partial charge in [-0.1, -0.05) is 12.6 Å². The van der Waals surface area contributed by atoms with E-state index in [9.17, 15) is 34.8 Å². The lowest BCUT2D eigenvalue weighted by molar-refractivity contribution is -0.145. The van der Waals surface area contributed by atoms with E-state index < -0.39 is 49.7 Å². The molecule has 0 bridgehead atoms. The molecule has 36 heavy (non-hydrogen) atoms. The van der Waals surface area contributed by atoms with Gasteiger partial charge in [-0.3, -0.25) is 0 Å². The molecule has 1 radical (unpaired) electrons. The fraction of sp³-hybridized carbons (Fsp3) is 0.130. The minimum atomic E-state index is -5.20. The Morgan fingerprint density at radius 3 is 1.92 bits per heavy atom. The van der Waals surface area contributed by atoms with Crippen molar-refractivity contribution in [3.63, 3.8) is 0 Å². The van der Waals surface area contributed by atoms with E-state index in [1.807, 2.05) is 0 Å². The van der Waals surface area contributed by atoms with Gasteiger partial charge in [0.2, 0.25) is 9.84 Å². The highest BCUT2D eigenvalue weighted by Gasteiger charge is 2.43. The molecular weight excluding hydrogens is 532 g/mol. The van der Waals surface area contributed by atoms with Gasteiger partial charge in [0.05, 0.1) is 16.9 Å². The number of fused-ring (bicyclic) bond motifs is 1. The Morgan fingerprint density at radius 1 is 0.833 bits per heavy atom. The number of benzene rings is 3. The van der Waals surface area contributed by atoms with Crippen molar-refractivity contribution in [2.45, 2.75) is 27.0 Å². The van der Waals surface area contributed by atoms with Gasteiger partial charge in [0, 0.05) is 22.0 Å². The Morgan fingerprint density at radius 2 is 1.39 bits per heavy atom. The molecule has 3 aromatic carbocycles. The highest BCUT2D eigenvalue weighted by molar-refractivity contribution is 7.91. The second-order valence-electron chi connectivity index (χ2n) is 7.48. The Balaban J connectivity index is 1.84. The van der Waals surface area contributed by atoms with Crippen LogP contribution in [0.4, 0.5) is 26.3 Å². The summed E-state index contributed by atoms with van der Waals surface area (Å²) in [6.45, 7) is 0. The number of halogens is 6. The minimum Gasteiger partial charge on any atom is -0.497 e. The van der Waals surface area contributed by atoms with Crippen LogP contribution in [-0.2, 0) is 22.2 Å². The minimum absolute atomic E-state index is 0.00493. The number of nitrogens with one attached hydrogen (secondary N) is 1. The molecule has 0 aliphatic carbocycles. The summed E-state index contributed by atoms with van der Waals surface area (Å²) >= 11 is 4.59. The van der Waals surface area contributed by atoms with Crippen molar-refractivity contribution in [2.75, 3.05) is 7.11 Å². The van der Waals surface area contributed by atoms with Gasteiger partial charge < -0.3 is 14.5 Å². The van der Waals surface area contributed by atoms with Crippen molar-refractivity contribution in [3.05, 3.63) is 71.9 Å². The van der Waals surface area contributed by atoms with Crippen molar-refractivity contribution in [1.29, 1.82) is 0 Å². The van der Waals surface area contributed by atoms with Crippen molar-refractivity contribution in [1.82, 2.24) is 4.98 Å². The molecule has 1 heterocycles. The lowest BCUT2D eigenvalue weighted by atomic mass is 10.1. The second-order valence-corrected chi connectivity index (χ2v) is 9.87. The highest BCUT2D eigenvalue weighted by Crippen LogP contribution is 2.47. The van der Waals surface area contributed by atoms with E-state index in [0.29, 0.717) is 17.9 Å². The van der Waals surface area contributed by atoms with Crippen LogP contribution in [0.2, 0.25) is 0 Å². The number of ether oxygens (including phenoxy) is 2. The van der Waals surface area contributed by atoms with Gasteiger partial charge in [0.15, 0.2) is 5.75 Å². The van der Waals surface area contributed by atoms with Gasteiger partial charge in [-0.2, -0.15) is 26.3 Å². The molecule has 0 amide bonds. The van der Waals surface area contributed by atoms with Crippen molar-refractivity contribution < 1.29 is 44.2 Å². The lowest BCUT2D eigenvalue weighted by Crippen LogP contribution is -2.14. The first-order valence-corrected chi connectivity index (χ1v) is 11.8. The number of hydrogen-bond acceptors (Lipinski definition) is 4. The Bertz CT molecular complexity index is 1510. The van der Waals surface area contributed by atoms with Crippen LogP contribution in [0.15, 0.2) is 75.5 Å². The van der Waals surface area contributed by atoms with Crippen molar-refractivity contribution >= 4 is 33.4 Å². The molecule has 0 unspecified atom stereocenters. The lowest BCUT2D eigenvalue weighted by Gasteiger charge is -2.19. The standard InChI is InChI=1S/C23H14F6NO4S2/c1-33-12-2-5-15(6-3-12)36(31,32)20-11-30-19-7-4-13(8-16(19)20)34-21-17(22(24,25)26)9-14(35)10-18(21)23(27,28)29/h2-11,30H,1H3. The maximum atomic E-state index is 13.6. The maximum Gasteiger partial charge on any atom is 0.420 e. The predicted octanol–water partition coefficient (Wildman–Crippen LogP) is 7.40. The first-order chi connectivity index (χ1) is 16.7. The number of methoxy groups -OCH3 is 1. The third kappa shape index (κ3) is 4.80. The Labute approximate surface area is 206 Å². The van der Waals surface area contributed by atoms with Crippen LogP contribution in [0, 0.1) is 0 Å². The molecule has 4 aromatic rings. The average Bonchev–Trinajstić information content (AvgIpc) is 3.22. The van der Waals surface area contributed by atoms with E-state index in [2.05, 4.69) is 17.6 Å². The molecule has 4 rings (SSSR count). The number of H-pyrrole nitrogens is 1. The number of aromatic amines is 1. The van der Waals surface area contributed by atoms with Gasteiger partial charge in [0.25, 0.3) is 0 Å². The summed E-state index contributed by atoms with van der Waals surface area (Å²) in [5, 5.41) is 0.00493. The molecule has 0 aliphatic heterocycles. The predicted molar refractivity (Wildman–Crippen MR) is 119 cm³/mol. The SMILES string of the molecule is COc1ccc(S(=O)(=O)c2c[nH]c3ccc(Oc4c(C(F)(F)F)cc([S])cc4C(F)(F)F)cc23)cc1. The van der Waals surface area contributed by atoms with Gasteiger partial charge in [-0.15, -0.1) is 0 Å². The zero-order chi connectivity index (χ0) is 26.5. The van der Waals surface area contributed by atoms with E-state index in [-0.39, 0.29) is 20.7 Å². The molecule has 189 valence electrons. The number of alkyl halides is 6. The topological polar surface area (TPSA) is 68.4 Å². The molecule has 1 N–H and O–H groups in total. The molecule has 0 fully saturated rings. The molecule has 5 nitrogen and oxygen atoms in total. The largest absolute Gasteiger partial charge is 0.497 e. The summed E-state index contributed by atoms with van der Waals surface area (Å²) in [5.74, 6) is -1.52. The molecule has 0 saturated carbocycles. The van der Waals surface area contributed by atoms with Crippen LogP contribution in [0.5, 0.6) is 17.2 Å². The zero-order valence-corrected chi connectivity index (χ0v) is 19.6. The quantitative estimate of drug-likeness (QED) is 0.265. The van der Waals surface area contributed by atoms with Gasteiger partial charge in [0.1, 0.15) is 22.6 Å². The van der Waals surface area contributed by atoms with Crippen LogP contribution in [0.3, 0.4) is 0 Å². The summed E-state index contributed by atoms with van der Waals surface area (Å²) in [7, 11) is -2.72. The number of rotatable bonds is 5. The smallest absolute Gasteiger partial charge is 0.420 e. The fourth-order valence-corrected chi connectivity index (χ4v) is 5.15. The van der Waals surface area contributed by atoms with E-state index in [4.69, 9.17) is 9.47 Å². The molecule has 0 spiro atoms. The van der Waals surface area contributed by atoms with Gasteiger partial charge in [-0.05, 0) is 54.6 Å². The summed E-state index contributed by atoms with van der Waals surface area (Å²) in [4.78, 5) is 1.70. The number of aromatic nitrogens is 1. The summed E-state index contributed by atoms with van der Waals surface area (Å²) in [5.41, 5.74) is -3.15. The van der Waals surface area contributed by atoms with Crippen LogP contribution in [-0.4, -0.2) is 20.5 Å². The van der Waals surface area contributed by atoms with E-state index >= 15 is 0 Å². The third-order valence-electron chi connectivity index (χ3n) is 5.17. The Hall–Kier alpha value is -3.45. The van der Waals surface area contributed by atoms with Crippen LogP contribution in [0.1, 0.15) is 11.1 Å². The maximum absolute atomic E-state index is 13.6. The normalized spacial score (nSPS) is 12.6. The summed E-state index contributed by atoms with van der Waals surface area (Å²) < 4.78 is 118. The van der Waals surface area contributed by atoms with Crippen molar-refractivity contribution in [3.8, 4) is 17.2 Å². The van der Waals surface area contributed by atoms with Crippen molar-refractivity contribution in [2.24, 2.45) is 0 Å². The Kier molecular flexibility index (Phi) is 6.33. The molecule has 0 atom stereocenters. The van der Waals surface area contributed by atoms with Gasteiger partial charge in [-0.25, -0.2) is 8.42 Å². The van der Waals surface area contributed by atoms with Gasteiger partial charge >= 0.3 is 12.4 Å². The van der Waals surface area contributed by atoms with E-state index in [1.54, 1.807) is 0 Å². The van der Waals surface area contributed by atoms with Crippen LogP contribution >= 0.6 is 12.6 Å². The first-order valence-electron chi connectivity index (χ1n) is 9.89. The number of sulfone groups is 1. The molecule has 13 heteroatoms. The summed E-state index contributed by atoms with van der Waals surface area (Å²) in [6, 6.07) is 9.63. The zero-order valence-electron chi connectivity index (χ0n) is 18.0.